The molecule has 0 unspecified atom stereocenters. The van der Waals surface area contributed by atoms with E-state index in [-0.39, 0.29) is 5.56 Å². The molecule has 0 spiro atoms. The monoisotopic (exact) mass is 373 g/mol. The van der Waals surface area contributed by atoms with E-state index >= 15 is 0 Å². The van der Waals surface area contributed by atoms with Crippen molar-refractivity contribution in [2.45, 2.75) is 19.5 Å². The van der Waals surface area contributed by atoms with E-state index in [1.165, 1.54) is 0 Å². The predicted octanol–water partition coefficient (Wildman–Crippen LogP) is 3.90. The smallest absolute Gasteiger partial charge is 0.256 e. The maximum Gasteiger partial charge on any atom is 0.256 e. The molecule has 0 radical (unpaired) electrons. The molecule has 3 aromatic rings. The number of aromatic amines is 2. The SMILES string of the molecule is O=c1[nH]c(=S)[nH]c2c1CN(Cc1ccc(-c3ccccc3Cl)o1)CC2. The fourth-order valence-electron chi connectivity index (χ4n) is 3.14. The zero-order valence-electron chi connectivity index (χ0n) is 13.3. The molecular formula is C18H16ClN3O2S. The van der Waals surface area contributed by atoms with Crippen LogP contribution >= 0.6 is 23.8 Å². The first-order valence-electron chi connectivity index (χ1n) is 8.00. The Morgan fingerprint density at radius 2 is 2.04 bits per heavy atom. The number of rotatable bonds is 3. The summed E-state index contributed by atoms with van der Waals surface area (Å²) in [4.78, 5) is 20.0. The summed E-state index contributed by atoms with van der Waals surface area (Å²) in [6.45, 7) is 2.04. The third-order valence-electron chi connectivity index (χ3n) is 4.37. The Bertz CT molecular complexity index is 1040. The number of hydrogen-bond acceptors (Lipinski definition) is 4. The standard InChI is InChI=1S/C18H16ClN3O2S/c19-14-4-2-1-3-12(14)16-6-5-11(24-16)9-22-8-7-15-13(10-22)17(23)21-18(25)20-15/h1-6H,7-10H2,(H2,20,21,23,25). The highest BCUT2D eigenvalue weighted by Crippen LogP contribution is 2.29. The summed E-state index contributed by atoms with van der Waals surface area (Å²) in [6, 6.07) is 11.5. The predicted molar refractivity (Wildman–Crippen MR) is 99.2 cm³/mol. The molecule has 0 fully saturated rings. The van der Waals surface area contributed by atoms with Gasteiger partial charge in [-0.1, -0.05) is 23.7 Å². The number of benzene rings is 1. The normalized spacial score (nSPS) is 14.4. The lowest BCUT2D eigenvalue weighted by Crippen LogP contribution is -2.35. The molecule has 2 N–H and O–H groups in total. The molecule has 0 saturated carbocycles. The van der Waals surface area contributed by atoms with Crippen LogP contribution in [-0.4, -0.2) is 21.4 Å². The molecule has 25 heavy (non-hydrogen) atoms. The van der Waals surface area contributed by atoms with Gasteiger partial charge >= 0.3 is 0 Å². The van der Waals surface area contributed by atoms with Gasteiger partial charge in [-0.15, -0.1) is 0 Å². The Hall–Kier alpha value is -2.15. The zero-order chi connectivity index (χ0) is 17.4. The van der Waals surface area contributed by atoms with Crippen molar-refractivity contribution in [1.29, 1.82) is 0 Å². The number of nitrogens with one attached hydrogen (secondary N) is 2. The molecule has 0 bridgehead atoms. The van der Waals surface area contributed by atoms with Crippen molar-refractivity contribution >= 4 is 23.8 Å². The van der Waals surface area contributed by atoms with Crippen molar-refractivity contribution in [1.82, 2.24) is 14.9 Å². The van der Waals surface area contributed by atoms with Crippen LogP contribution in [0.2, 0.25) is 5.02 Å². The van der Waals surface area contributed by atoms with Crippen LogP contribution in [-0.2, 0) is 19.5 Å². The van der Waals surface area contributed by atoms with E-state index in [1.54, 1.807) is 0 Å². The lowest BCUT2D eigenvalue weighted by atomic mass is 10.1. The Morgan fingerprint density at radius 1 is 1.20 bits per heavy atom. The molecule has 128 valence electrons. The van der Waals surface area contributed by atoms with Gasteiger partial charge in [-0.2, -0.15) is 0 Å². The number of aromatic nitrogens is 2. The van der Waals surface area contributed by atoms with E-state index in [0.717, 1.165) is 41.3 Å². The van der Waals surface area contributed by atoms with Gasteiger partial charge in [0.2, 0.25) is 0 Å². The van der Waals surface area contributed by atoms with Gasteiger partial charge in [-0.05, 0) is 36.5 Å². The van der Waals surface area contributed by atoms with E-state index < -0.39 is 0 Å². The first-order valence-corrected chi connectivity index (χ1v) is 8.79. The van der Waals surface area contributed by atoms with E-state index in [9.17, 15) is 4.79 Å². The van der Waals surface area contributed by atoms with Crippen molar-refractivity contribution < 1.29 is 4.42 Å². The summed E-state index contributed by atoms with van der Waals surface area (Å²) >= 11 is 11.3. The van der Waals surface area contributed by atoms with Crippen LogP contribution in [0.1, 0.15) is 17.0 Å². The van der Waals surface area contributed by atoms with Crippen LogP contribution in [0.15, 0.2) is 45.6 Å². The van der Waals surface area contributed by atoms with Crippen molar-refractivity contribution in [2.75, 3.05) is 6.54 Å². The molecule has 0 amide bonds. The fourth-order valence-corrected chi connectivity index (χ4v) is 3.58. The molecule has 1 aromatic carbocycles. The lowest BCUT2D eigenvalue weighted by Gasteiger charge is -2.26. The Kier molecular flexibility index (Phi) is 4.33. The molecule has 3 heterocycles. The van der Waals surface area contributed by atoms with Gasteiger partial charge in [0.15, 0.2) is 4.77 Å². The maximum atomic E-state index is 12.1. The molecule has 0 aliphatic carbocycles. The van der Waals surface area contributed by atoms with Gasteiger partial charge in [-0.25, -0.2) is 0 Å². The summed E-state index contributed by atoms with van der Waals surface area (Å²) in [7, 11) is 0. The topological polar surface area (TPSA) is 65.0 Å². The highest BCUT2D eigenvalue weighted by Gasteiger charge is 2.21. The Balaban J connectivity index is 1.53. The number of hydrogen-bond donors (Lipinski definition) is 2. The molecule has 0 atom stereocenters. The Labute approximate surface area is 154 Å². The third-order valence-corrected chi connectivity index (χ3v) is 4.90. The summed E-state index contributed by atoms with van der Waals surface area (Å²) in [5.74, 6) is 1.60. The van der Waals surface area contributed by atoms with Gasteiger partial charge in [0, 0.05) is 30.8 Å². The van der Waals surface area contributed by atoms with E-state index in [4.69, 9.17) is 28.2 Å². The van der Waals surface area contributed by atoms with Gasteiger partial charge in [0.05, 0.1) is 17.1 Å². The van der Waals surface area contributed by atoms with Crippen LogP contribution in [0.5, 0.6) is 0 Å². The van der Waals surface area contributed by atoms with Crippen LogP contribution in [0, 0.1) is 4.77 Å². The first-order chi connectivity index (χ1) is 12.1. The summed E-state index contributed by atoms with van der Waals surface area (Å²) in [5.41, 5.74) is 2.45. The van der Waals surface area contributed by atoms with Crippen molar-refractivity contribution in [2.24, 2.45) is 0 Å². The average Bonchev–Trinajstić information content (AvgIpc) is 3.04. The van der Waals surface area contributed by atoms with Crippen molar-refractivity contribution in [3.05, 3.63) is 73.6 Å². The van der Waals surface area contributed by atoms with E-state index in [0.29, 0.717) is 22.9 Å². The molecular weight excluding hydrogens is 358 g/mol. The van der Waals surface area contributed by atoms with Crippen LogP contribution in [0.3, 0.4) is 0 Å². The Morgan fingerprint density at radius 3 is 2.88 bits per heavy atom. The van der Waals surface area contributed by atoms with Crippen LogP contribution in [0.25, 0.3) is 11.3 Å². The second-order valence-electron chi connectivity index (χ2n) is 6.07. The molecule has 7 heteroatoms. The minimum Gasteiger partial charge on any atom is -0.460 e. The summed E-state index contributed by atoms with van der Waals surface area (Å²) < 4.78 is 6.34. The summed E-state index contributed by atoms with van der Waals surface area (Å²) in [5, 5.41) is 0.664. The molecule has 5 nitrogen and oxygen atoms in total. The van der Waals surface area contributed by atoms with Crippen LogP contribution in [0.4, 0.5) is 0 Å². The van der Waals surface area contributed by atoms with Crippen molar-refractivity contribution in [3.8, 4) is 11.3 Å². The van der Waals surface area contributed by atoms with Gasteiger partial charge < -0.3 is 9.40 Å². The van der Waals surface area contributed by atoms with Crippen molar-refractivity contribution in [3.63, 3.8) is 0 Å². The minimum atomic E-state index is -0.111. The molecule has 4 rings (SSSR count). The number of furan rings is 1. The third kappa shape index (κ3) is 3.33. The zero-order valence-corrected chi connectivity index (χ0v) is 14.9. The largest absolute Gasteiger partial charge is 0.460 e. The highest BCUT2D eigenvalue weighted by atomic mass is 35.5. The average molecular weight is 374 g/mol. The number of halogens is 1. The molecule has 1 aliphatic rings. The maximum absolute atomic E-state index is 12.1. The summed E-state index contributed by atoms with van der Waals surface area (Å²) in [6.07, 6.45) is 0.765. The van der Waals surface area contributed by atoms with E-state index in [1.807, 2.05) is 36.4 Å². The van der Waals surface area contributed by atoms with Gasteiger partial charge in [0.25, 0.3) is 5.56 Å². The quantitative estimate of drug-likeness (QED) is 0.683. The second-order valence-corrected chi connectivity index (χ2v) is 6.89. The fraction of sp³-hybridized carbons (Fsp3) is 0.222. The van der Waals surface area contributed by atoms with Crippen LogP contribution < -0.4 is 5.56 Å². The number of H-pyrrole nitrogens is 2. The first kappa shape index (κ1) is 16.3. The number of fused-ring (bicyclic) bond motifs is 1. The molecule has 0 saturated heterocycles. The van der Waals surface area contributed by atoms with E-state index in [2.05, 4.69) is 14.9 Å². The number of nitrogens with zero attached hydrogens (tertiary/aromatic N) is 1. The second kappa shape index (κ2) is 6.63. The van der Waals surface area contributed by atoms with Gasteiger partial charge in [0.1, 0.15) is 11.5 Å². The lowest BCUT2D eigenvalue weighted by molar-refractivity contribution is 0.223. The van der Waals surface area contributed by atoms with Gasteiger partial charge in [-0.3, -0.25) is 14.7 Å². The molecule has 2 aromatic heterocycles. The molecule has 1 aliphatic heterocycles. The highest BCUT2D eigenvalue weighted by molar-refractivity contribution is 7.71. The minimum absolute atomic E-state index is 0.111.